The summed E-state index contributed by atoms with van der Waals surface area (Å²) < 4.78 is 0. The van der Waals surface area contributed by atoms with Crippen molar-refractivity contribution in [3.05, 3.63) is 54.1 Å². The third kappa shape index (κ3) is 1.48. The molecule has 2 rings (SSSR count). The van der Waals surface area contributed by atoms with E-state index in [1.165, 1.54) is 6.08 Å². The lowest BCUT2D eigenvalue weighted by Gasteiger charge is -2.26. The first-order valence-electron chi connectivity index (χ1n) is 4.82. The Morgan fingerprint density at radius 1 is 1.47 bits per heavy atom. The molecule has 1 atom stereocenters. The largest absolute Gasteiger partial charge is 0.480 e. The van der Waals surface area contributed by atoms with Crippen LogP contribution < -0.4 is 0 Å². The smallest absolute Gasteiger partial charge is 0.317 e. The second-order valence-electron chi connectivity index (χ2n) is 3.76. The first-order valence-corrected chi connectivity index (χ1v) is 4.82. The molecule has 2 heteroatoms. The van der Waals surface area contributed by atoms with Crippen LogP contribution in [0.1, 0.15) is 11.1 Å². The summed E-state index contributed by atoms with van der Waals surface area (Å²) in [6.07, 6.45) is 5.56. The number of benzene rings is 1. The van der Waals surface area contributed by atoms with E-state index in [0.717, 1.165) is 11.1 Å². The highest BCUT2D eigenvalue weighted by Crippen LogP contribution is 2.33. The zero-order chi connectivity index (χ0) is 10.9. The molecule has 15 heavy (non-hydrogen) atoms. The summed E-state index contributed by atoms with van der Waals surface area (Å²) in [5, 5.41) is 9.19. The fraction of sp³-hybridized carbons (Fsp3) is 0.154. The molecule has 1 aliphatic rings. The minimum atomic E-state index is -0.936. The highest BCUT2D eigenvalue weighted by molar-refractivity contribution is 5.83. The molecule has 0 heterocycles. The average molecular weight is 200 g/mol. The van der Waals surface area contributed by atoms with Gasteiger partial charge in [-0.3, -0.25) is 4.79 Å². The van der Waals surface area contributed by atoms with E-state index in [9.17, 15) is 9.90 Å². The Hall–Kier alpha value is -1.83. The van der Waals surface area contributed by atoms with Crippen LogP contribution in [0, 0.1) is 5.41 Å². The summed E-state index contributed by atoms with van der Waals surface area (Å²) in [5.74, 6) is -0.844. The van der Waals surface area contributed by atoms with Crippen molar-refractivity contribution in [3.63, 3.8) is 0 Å². The number of hydrogen-bond donors (Lipinski definition) is 1. The van der Waals surface area contributed by atoms with Crippen LogP contribution in [0.4, 0.5) is 0 Å². The lowest BCUT2D eigenvalue weighted by atomic mass is 9.76. The Kier molecular flexibility index (Phi) is 2.19. The van der Waals surface area contributed by atoms with Crippen LogP contribution in [0.15, 0.2) is 43.0 Å². The molecule has 76 valence electrons. The highest BCUT2D eigenvalue weighted by atomic mass is 16.4. The molecule has 1 aromatic carbocycles. The second kappa shape index (κ2) is 3.39. The minimum absolute atomic E-state index is 0.485. The fourth-order valence-corrected chi connectivity index (χ4v) is 1.84. The van der Waals surface area contributed by atoms with Gasteiger partial charge in [0.1, 0.15) is 5.41 Å². The van der Waals surface area contributed by atoms with Gasteiger partial charge in [0, 0.05) is 0 Å². The van der Waals surface area contributed by atoms with E-state index in [2.05, 4.69) is 6.58 Å². The van der Waals surface area contributed by atoms with Crippen molar-refractivity contribution in [1.82, 2.24) is 0 Å². The zero-order valence-corrected chi connectivity index (χ0v) is 8.31. The summed E-state index contributed by atoms with van der Waals surface area (Å²) in [4.78, 5) is 11.2. The van der Waals surface area contributed by atoms with Crippen molar-refractivity contribution in [2.75, 3.05) is 0 Å². The van der Waals surface area contributed by atoms with E-state index < -0.39 is 11.4 Å². The van der Waals surface area contributed by atoms with Gasteiger partial charge in [-0.25, -0.2) is 0 Å². The van der Waals surface area contributed by atoms with Gasteiger partial charge in [-0.05, 0) is 17.5 Å². The topological polar surface area (TPSA) is 37.3 Å². The number of carboxylic acid groups (broad SMARTS) is 1. The Balaban J connectivity index is 2.48. The van der Waals surface area contributed by atoms with Crippen molar-refractivity contribution in [2.24, 2.45) is 5.41 Å². The molecule has 0 aliphatic heterocycles. The second-order valence-corrected chi connectivity index (χ2v) is 3.76. The zero-order valence-electron chi connectivity index (χ0n) is 8.31. The molecule has 0 spiro atoms. The van der Waals surface area contributed by atoms with Gasteiger partial charge >= 0.3 is 5.97 Å². The molecule has 0 amide bonds. The predicted molar refractivity (Wildman–Crippen MR) is 59.4 cm³/mol. The van der Waals surface area contributed by atoms with Gasteiger partial charge in [0.25, 0.3) is 0 Å². The first-order chi connectivity index (χ1) is 7.18. The molecule has 0 fully saturated rings. The van der Waals surface area contributed by atoms with E-state index in [-0.39, 0.29) is 0 Å². The highest BCUT2D eigenvalue weighted by Gasteiger charge is 2.35. The first kappa shape index (κ1) is 9.71. The average Bonchev–Trinajstić information content (AvgIpc) is 2.28. The van der Waals surface area contributed by atoms with E-state index in [4.69, 9.17) is 0 Å². The molecule has 1 unspecified atom stereocenters. The van der Waals surface area contributed by atoms with Crippen LogP contribution in [0.25, 0.3) is 6.08 Å². The van der Waals surface area contributed by atoms with Crippen molar-refractivity contribution >= 4 is 12.0 Å². The molecule has 2 nitrogen and oxygen atoms in total. The molecule has 0 saturated carbocycles. The standard InChI is InChI=1S/C13H12O2/c1-2-13(12(14)15)8-7-10-5-3-4-6-11(10)9-13/h2-8H,1,9H2,(H,14,15). The van der Waals surface area contributed by atoms with Gasteiger partial charge in [0.15, 0.2) is 0 Å². The monoisotopic (exact) mass is 200 g/mol. The summed E-state index contributed by atoms with van der Waals surface area (Å²) in [6.45, 7) is 3.62. The van der Waals surface area contributed by atoms with Crippen molar-refractivity contribution < 1.29 is 9.90 Å². The summed E-state index contributed by atoms with van der Waals surface area (Å²) in [6, 6.07) is 7.82. The maximum Gasteiger partial charge on any atom is 0.317 e. The molecule has 1 aromatic rings. The number of hydrogen-bond acceptors (Lipinski definition) is 1. The van der Waals surface area contributed by atoms with Crippen molar-refractivity contribution in [1.29, 1.82) is 0 Å². The number of aliphatic carboxylic acids is 1. The maximum absolute atomic E-state index is 11.2. The Bertz CT molecular complexity index is 446. The molecule has 0 radical (unpaired) electrons. The lowest BCUT2D eigenvalue weighted by Crippen LogP contribution is -2.30. The molecule has 0 aromatic heterocycles. The van der Waals surface area contributed by atoms with Crippen molar-refractivity contribution in [3.8, 4) is 0 Å². The molecular formula is C13H12O2. The number of carbonyl (C=O) groups is 1. The van der Waals surface area contributed by atoms with Crippen LogP contribution in [0.2, 0.25) is 0 Å². The van der Waals surface area contributed by atoms with Gasteiger partial charge in [0.05, 0.1) is 0 Å². The van der Waals surface area contributed by atoms with Gasteiger partial charge < -0.3 is 5.11 Å². The van der Waals surface area contributed by atoms with Gasteiger partial charge in [-0.15, -0.1) is 6.58 Å². The van der Waals surface area contributed by atoms with Crippen LogP contribution in [0.5, 0.6) is 0 Å². The quantitative estimate of drug-likeness (QED) is 0.745. The predicted octanol–water partition coefficient (Wildman–Crippen LogP) is 2.51. The third-order valence-electron chi connectivity index (χ3n) is 2.86. The van der Waals surface area contributed by atoms with Crippen molar-refractivity contribution in [2.45, 2.75) is 6.42 Å². The van der Waals surface area contributed by atoms with Crippen LogP contribution in [-0.2, 0) is 11.2 Å². The van der Waals surface area contributed by atoms with Gasteiger partial charge in [0.2, 0.25) is 0 Å². The Morgan fingerprint density at radius 2 is 2.20 bits per heavy atom. The Morgan fingerprint density at radius 3 is 2.87 bits per heavy atom. The van der Waals surface area contributed by atoms with Gasteiger partial charge in [-0.1, -0.05) is 42.5 Å². The summed E-state index contributed by atoms with van der Waals surface area (Å²) >= 11 is 0. The number of rotatable bonds is 2. The SMILES string of the molecule is C=CC1(C(=O)O)C=Cc2ccccc2C1. The molecule has 0 saturated heterocycles. The summed E-state index contributed by atoms with van der Waals surface area (Å²) in [5.41, 5.74) is 1.22. The summed E-state index contributed by atoms with van der Waals surface area (Å²) in [7, 11) is 0. The van der Waals surface area contributed by atoms with E-state index >= 15 is 0 Å². The maximum atomic E-state index is 11.2. The molecule has 0 bridgehead atoms. The molecular weight excluding hydrogens is 188 g/mol. The normalized spacial score (nSPS) is 23.2. The number of carboxylic acids is 1. The van der Waals surface area contributed by atoms with E-state index in [1.54, 1.807) is 6.08 Å². The molecule has 1 N–H and O–H groups in total. The Labute approximate surface area is 88.6 Å². The van der Waals surface area contributed by atoms with E-state index in [0.29, 0.717) is 6.42 Å². The van der Waals surface area contributed by atoms with Crippen LogP contribution in [0.3, 0.4) is 0 Å². The third-order valence-corrected chi connectivity index (χ3v) is 2.86. The van der Waals surface area contributed by atoms with Crippen LogP contribution >= 0.6 is 0 Å². The number of fused-ring (bicyclic) bond motifs is 1. The van der Waals surface area contributed by atoms with E-state index in [1.807, 2.05) is 30.3 Å². The fourth-order valence-electron chi connectivity index (χ4n) is 1.84. The van der Waals surface area contributed by atoms with Gasteiger partial charge in [-0.2, -0.15) is 0 Å². The minimum Gasteiger partial charge on any atom is -0.480 e. The lowest BCUT2D eigenvalue weighted by molar-refractivity contribution is -0.143. The van der Waals surface area contributed by atoms with Crippen LogP contribution in [-0.4, -0.2) is 11.1 Å². The molecule has 1 aliphatic carbocycles.